The molecule has 0 radical (unpaired) electrons. The number of carbonyl (C=O) groups excluding carboxylic acids is 3. The zero-order valence-electron chi connectivity index (χ0n) is 16.6. The van der Waals surface area contributed by atoms with Crippen LogP contribution in [0, 0.1) is 13.8 Å². The zero-order chi connectivity index (χ0) is 21.0. The predicted molar refractivity (Wildman–Crippen MR) is 115 cm³/mol. The van der Waals surface area contributed by atoms with Crippen LogP contribution in [-0.4, -0.2) is 17.6 Å². The second-order valence-corrected chi connectivity index (χ2v) is 7.00. The monoisotopic (exact) mass is 386 g/mol. The lowest BCUT2D eigenvalue weighted by atomic mass is 10.1. The molecule has 5 nitrogen and oxygen atoms in total. The molecule has 2 N–H and O–H groups in total. The van der Waals surface area contributed by atoms with Crippen LogP contribution in [0.5, 0.6) is 0 Å². The first-order valence-corrected chi connectivity index (χ1v) is 9.24. The number of hydrogen-bond acceptors (Lipinski definition) is 3. The fraction of sp³-hybridized carbons (Fsp3) is 0.125. The lowest BCUT2D eigenvalue weighted by Crippen LogP contribution is -2.14. The predicted octanol–water partition coefficient (Wildman–Crippen LogP) is 5.01. The summed E-state index contributed by atoms with van der Waals surface area (Å²) in [5.74, 6) is -0.554. The number of benzene rings is 3. The summed E-state index contributed by atoms with van der Waals surface area (Å²) in [5, 5.41) is 5.65. The molecule has 0 fully saturated rings. The second-order valence-electron chi connectivity index (χ2n) is 7.00. The van der Waals surface area contributed by atoms with Crippen molar-refractivity contribution in [2.24, 2.45) is 0 Å². The van der Waals surface area contributed by atoms with Crippen molar-refractivity contribution in [3.8, 4) is 0 Å². The Kier molecular flexibility index (Phi) is 5.88. The van der Waals surface area contributed by atoms with Gasteiger partial charge < -0.3 is 10.6 Å². The van der Waals surface area contributed by atoms with E-state index in [1.54, 1.807) is 48.5 Å². The zero-order valence-corrected chi connectivity index (χ0v) is 16.6. The van der Waals surface area contributed by atoms with Gasteiger partial charge in [-0.3, -0.25) is 14.4 Å². The minimum atomic E-state index is -0.290. The van der Waals surface area contributed by atoms with E-state index in [-0.39, 0.29) is 17.6 Å². The van der Waals surface area contributed by atoms with Crippen LogP contribution < -0.4 is 10.6 Å². The van der Waals surface area contributed by atoms with Crippen molar-refractivity contribution >= 4 is 29.0 Å². The molecule has 2 amide bonds. The summed E-state index contributed by atoms with van der Waals surface area (Å²) < 4.78 is 0. The second kappa shape index (κ2) is 8.52. The van der Waals surface area contributed by atoms with Crippen molar-refractivity contribution in [3.63, 3.8) is 0 Å². The van der Waals surface area contributed by atoms with Crippen molar-refractivity contribution in [2.45, 2.75) is 20.8 Å². The van der Waals surface area contributed by atoms with E-state index in [9.17, 15) is 14.4 Å². The molecule has 0 aliphatic rings. The average Bonchev–Trinajstić information content (AvgIpc) is 2.67. The third kappa shape index (κ3) is 5.17. The van der Waals surface area contributed by atoms with E-state index in [1.165, 1.54) is 6.92 Å². The molecule has 146 valence electrons. The topological polar surface area (TPSA) is 75.3 Å². The summed E-state index contributed by atoms with van der Waals surface area (Å²) in [7, 11) is 0. The van der Waals surface area contributed by atoms with Crippen molar-refractivity contribution in [1.29, 1.82) is 0 Å². The lowest BCUT2D eigenvalue weighted by molar-refractivity contribution is 0.101. The first-order chi connectivity index (χ1) is 13.8. The van der Waals surface area contributed by atoms with Gasteiger partial charge in [0.05, 0.1) is 0 Å². The third-order valence-electron chi connectivity index (χ3n) is 4.44. The van der Waals surface area contributed by atoms with E-state index < -0.39 is 0 Å². The molecule has 3 rings (SSSR count). The van der Waals surface area contributed by atoms with Gasteiger partial charge in [0.15, 0.2) is 5.78 Å². The average molecular weight is 386 g/mol. The third-order valence-corrected chi connectivity index (χ3v) is 4.44. The number of anilines is 2. The van der Waals surface area contributed by atoms with Crippen LogP contribution in [0.1, 0.15) is 49.1 Å². The summed E-state index contributed by atoms with van der Waals surface area (Å²) >= 11 is 0. The van der Waals surface area contributed by atoms with Crippen LogP contribution in [0.4, 0.5) is 11.4 Å². The quantitative estimate of drug-likeness (QED) is 0.605. The van der Waals surface area contributed by atoms with Crippen molar-refractivity contribution in [3.05, 3.63) is 94.5 Å². The smallest absolute Gasteiger partial charge is 0.255 e. The first-order valence-electron chi connectivity index (χ1n) is 9.24. The standard InChI is InChI=1S/C24H22N2O3/c1-15-12-16(2)14-22(13-15)26-24(29)20-6-4-19(5-7-20)23(28)25-21-10-8-18(9-11-21)17(3)27/h4-14H,1-3H3,(H,25,28)(H,26,29). The van der Waals surface area contributed by atoms with Crippen LogP contribution in [-0.2, 0) is 0 Å². The van der Waals surface area contributed by atoms with Gasteiger partial charge in [0.2, 0.25) is 0 Å². The molecule has 0 aromatic heterocycles. The van der Waals surface area contributed by atoms with Crippen molar-refractivity contribution in [1.82, 2.24) is 0 Å². The fourth-order valence-corrected chi connectivity index (χ4v) is 3.01. The van der Waals surface area contributed by atoms with Crippen LogP contribution in [0.2, 0.25) is 0 Å². The molecular formula is C24H22N2O3. The SMILES string of the molecule is CC(=O)c1ccc(NC(=O)c2ccc(C(=O)Nc3cc(C)cc(C)c3)cc2)cc1. The maximum Gasteiger partial charge on any atom is 0.255 e. The van der Waals surface area contributed by atoms with Gasteiger partial charge in [-0.05, 0) is 92.6 Å². The Bertz CT molecular complexity index is 1050. The Morgan fingerprint density at radius 1 is 0.586 bits per heavy atom. The minimum Gasteiger partial charge on any atom is -0.322 e. The lowest BCUT2D eigenvalue weighted by Gasteiger charge is -2.09. The van der Waals surface area contributed by atoms with Gasteiger partial charge >= 0.3 is 0 Å². The molecule has 0 saturated carbocycles. The Hall–Kier alpha value is -3.73. The largest absolute Gasteiger partial charge is 0.322 e. The molecule has 0 aliphatic heterocycles. The van der Waals surface area contributed by atoms with Crippen LogP contribution in [0.25, 0.3) is 0 Å². The molecule has 0 bridgehead atoms. The van der Waals surface area contributed by atoms with Gasteiger partial charge in [-0.1, -0.05) is 6.07 Å². The fourth-order valence-electron chi connectivity index (χ4n) is 3.01. The number of amides is 2. The molecule has 5 heteroatoms. The van der Waals surface area contributed by atoms with E-state index in [2.05, 4.69) is 10.6 Å². The van der Waals surface area contributed by atoms with Gasteiger partial charge in [-0.25, -0.2) is 0 Å². The van der Waals surface area contributed by atoms with Crippen LogP contribution >= 0.6 is 0 Å². The van der Waals surface area contributed by atoms with E-state index in [1.807, 2.05) is 32.0 Å². The minimum absolute atomic E-state index is 0.0300. The Balaban J connectivity index is 1.66. The van der Waals surface area contributed by atoms with E-state index >= 15 is 0 Å². The number of Topliss-reactive ketones (excluding diaryl/α,β-unsaturated/α-hetero) is 1. The molecule has 3 aromatic rings. The molecule has 0 saturated heterocycles. The van der Waals surface area contributed by atoms with Gasteiger partial charge in [-0.15, -0.1) is 0 Å². The number of nitrogens with one attached hydrogen (secondary N) is 2. The highest BCUT2D eigenvalue weighted by Crippen LogP contribution is 2.16. The molecule has 0 aliphatic carbocycles. The maximum absolute atomic E-state index is 12.5. The molecule has 3 aromatic carbocycles. The molecule has 0 unspecified atom stereocenters. The Morgan fingerprint density at radius 2 is 1.00 bits per heavy atom. The molecule has 0 spiro atoms. The van der Waals surface area contributed by atoms with Crippen molar-refractivity contribution < 1.29 is 14.4 Å². The molecule has 29 heavy (non-hydrogen) atoms. The number of carbonyl (C=O) groups is 3. The first kappa shape index (κ1) is 20.0. The maximum atomic E-state index is 12.5. The normalized spacial score (nSPS) is 10.3. The molecular weight excluding hydrogens is 364 g/mol. The summed E-state index contributed by atoms with van der Waals surface area (Å²) in [6, 6.07) is 19.0. The molecule has 0 atom stereocenters. The Morgan fingerprint density at radius 3 is 1.45 bits per heavy atom. The van der Waals surface area contributed by atoms with Gasteiger partial charge in [0.1, 0.15) is 0 Å². The summed E-state index contributed by atoms with van der Waals surface area (Å²) in [5.41, 5.74) is 4.96. The van der Waals surface area contributed by atoms with E-state index in [4.69, 9.17) is 0 Å². The van der Waals surface area contributed by atoms with Crippen LogP contribution in [0.3, 0.4) is 0 Å². The van der Waals surface area contributed by atoms with Gasteiger partial charge in [-0.2, -0.15) is 0 Å². The number of rotatable bonds is 5. The highest BCUT2D eigenvalue weighted by atomic mass is 16.2. The summed E-state index contributed by atoms with van der Waals surface area (Å²) in [6.07, 6.45) is 0. The van der Waals surface area contributed by atoms with E-state index in [0.717, 1.165) is 16.8 Å². The highest BCUT2D eigenvalue weighted by Gasteiger charge is 2.10. The van der Waals surface area contributed by atoms with E-state index in [0.29, 0.717) is 22.4 Å². The van der Waals surface area contributed by atoms with Gasteiger partial charge in [0.25, 0.3) is 11.8 Å². The van der Waals surface area contributed by atoms with Crippen LogP contribution in [0.15, 0.2) is 66.7 Å². The number of aryl methyl sites for hydroxylation is 2. The number of ketones is 1. The summed E-state index contributed by atoms with van der Waals surface area (Å²) in [4.78, 5) is 36.2. The highest BCUT2D eigenvalue weighted by molar-refractivity contribution is 6.07. The summed E-state index contributed by atoms with van der Waals surface area (Å²) in [6.45, 7) is 5.44. The molecule has 0 heterocycles. The van der Waals surface area contributed by atoms with Gasteiger partial charge in [0, 0.05) is 28.1 Å². The number of hydrogen-bond donors (Lipinski definition) is 2. The van der Waals surface area contributed by atoms with Crippen molar-refractivity contribution in [2.75, 3.05) is 10.6 Å². The Labute approximate surface area is 169 Å².